The number of amides is 1. The molecule has 5 nitrogen and oxygen atoms in total. The van der Waals surface area contributed by atoms with Crippen LogP contribution in [0.2, 0.25) is 5.02 Å². The number of benzene rings is 4. The first-order valence-corrected chi connectivity index (χ1v) is 11.7. The predicted octanol–water partition coefficient (Wildman–Crippen LogP) is 6.52. The van der Waals surface area contributed by atoms with Crippen molar-refractivity contribution in [2.45, 2.75) is 12.6 Å². The minimum Gasteiger partial charge on any atom is -0.508 e. The zero-order chi connectivity index (χ0) is 24.1. The normalized spacial score (nSPS) is 13.9. The average molecular weight is 480 g/mol. The summed E-state index contributed by atoms with van der Waals surface area (Å²) in [5, 5.41) is 12.4. The third-order valence-electron chi connectivity index (χ3n) is 6.69. The van der Waals surface area contributed by atoms with Crippen molar-refractivity contribution in [3.05, 3.63) is 118 Å². The van der Waals surface area contributed by atoms with Crippen LogP contribution >= 0.6 is 11.6 Å². The zero-order valence-corrected chi connectivity index (χ0v) is 19.5. The van der Waals surface area contributed by atoms with Gasteiger partial charge in [0.1, 0.15) is 11.8 Å². The molecule has 0 saturated heterocycles. The molecule has 1 unspecified atom stereocenters. The monoisotopic (exact) mass is 479 g/mol. The summed E-state index contributed by atoms with van der Waals surface area (Å²) in [6.07, 6.45) is 0. The number of aromatic nitrogens is 1. The summed E-state index contributed by atoms with van der Waals surface area (Å²) < 4.78 is 0. The van der Waals surface area contributed by atoms with Gasteiger partial charge < -0.3 is 20.7 Å². The first kappa shape index (κ1) is 21.3. The van der Waals surface area contributed by atoms with Crippen LogP contribution in [0.3, 0.4) is 0 Å². The van der Waals surface area contributed by atoms with Gasteiger partial charge in [0.25, 0.3) is 5.91 Å². The number of para-hydroxylation sites is 2. The molecule has 172 valence electrons. The van der Waals surface area contributed by atoms with E-state index in [0.717, 1.165) is 33.3 Å². The van der Waals surface area contributed by atoms with Crippen LogP contribution in [-0.2, 0) is 6.54 Å². The van der Waals surface area contributed by atoms with Crippen molar-refractivity contribution >= 4 is 34.1 Å². The molecule has 0 saturated carbocycles. The maximum Gasteiger partial charge on any atom is 0.255 e. The minimum atomic E-state index is -0.568. The Balaban J connectivity index is 1.52. The van der Waals surface area contributed by atoms with Gasteiger partial charge in [0.15, 0.2) is 0 Å². The van der Waals surface area contributed by atoms with Gasteiger partial charge in [0.2, 0.25) is 0 Å². The summed E-state index contributed by atoms with van der Waals surface area (Å²) >= 11 is 6.34. The highest BCUT2D eigenvalue weighted by molar-refractivity contribution is 6.30. The number of fused-ring (bicyclic) bond motifs is 2. The summed E-state index contributed by atoms with van der Waals surface area (Å²) in [5.74, 6) is -0.0336. The fourth-order valence-corrected chi connectivity index (χ4v) is 5.23. The van der Waals surface area contributed by atoms with Crippen molar-refractivity contribution in [2.75, 3.05) is 5.73 Å². The molecular formula is C29H22ClN3O2. The lowest BCUT2D eigenvalue weighted by Gasteiger charge is -2.28. The molecule has 0 radical (unpaired) electrons. The molecule has 35 heavy (non-hydrogen) atoms. The van der Waals surface area contributed by atoms with Gasteiger partial charge in [-0.25, -0.2) is 0 Å². The average Bonchev–Trinajstić information content (AvgIpc) is 3.43. The number of nitrogens with one attached hydrogen (secondary N) is 1. The van der Waals surface area contributed by atoms with E-state index in [1.807, 2.05) is 72.8 Å². The molecule has 1 aliphatic rings. The number of hydrogen-bond acceptors (Lipinski definition) is 3. The molecular weight excluding hydrogens is 458 g/mol. The van der Waals surface area contributed by atoms with Gasteiger partial charge in [-0.05, 0) is 59.0 Å². The van der Waals surface area contributed by atoms with Crippen molar-refractivity contribution in [1.29, 1.82) is 0 Å². The Morgan fingerprint density at radius 2 is 1.63 bits per heavy atom. The Labute approximate surface area is 207 Å². The molecule has 6 heteroatoms. The maximum absolute atomic E-state index is 13.8. The van der Waals surface area contributed by atoms with Crippen LogP contribution in [0, 0.1) is 0 Å². The summed E-state index contributed by atoms with van der Waals surface area (Å²) in [5.41, 5.74) is 12.6. The molecule has 0 fully saturated rings. The van der Waals surface area contributed by atoms with E-state index in [0.29, 0.717) is 28.4 Å². The Hall–Kier alpha value is -4.22. The number of rotatable bonds is 4. The molecule has 5 aromatic rings. The number of nitrogens with zero attached hydrogens (tertiary/aromatic N) is 1. The lowest BCUT2D eigenvalue weighted by molar-refractivity contribution is 0.0727. The second-order valence-electron chi connectivity index (χ2n) is 8.77. The second kappa shape index (κ2) is 8.22. The number of hydrogen-bond donors (Lipinski definition) is 3. The van der Waals surface area contributed by atoms with E-state index >= 15 is 0 Å². The highest BCUT2D eigenvalue weighted by Crippen LogP contribution is 2.43. The lowest BCUT2D eigenvalue weighted by atomic mass is 9.96. The van der Waals surface area contributed by atoms with Crippen molar-refractivity contribution in [1.82, 2.24) is 9.88 Å². The topological polar surface area (TPSA) is 82.3 Å². The fraction of sp³-hybridized carbons (Fsp3) is 0.0690. The van der Waals surface area contributed by atoms with Crippen LogP contribution in [0.15, 0.2) is 91.0 Å². The van der Waals surface area contributed by atoms with Gasteiger partial charge in [-0.2, -0.15) is 0 Å². The summed E-state index contributed by atoms with van der Waals surface area (Å²) in [7, 11) is 0. The van der Waals surface area contributed by atoms with Crippen molar-refractivity contribution < 1.29 is 9.90 Å². The third-order valence-corrected chi connectivity index (χ3v) is 6.92. The molecule has 6 rings (SSSR count). The molecule has 0 spiro atoms. The number of nitrogens with two attached hydrogens (primary N) is 1. The first-order chi connectivity index (χ1) is 17.0. The van der Waals surface area contributed by atoms with Gasteiger partial charge in [-0.3, -0.25) is 4.79 Å². The van der Waals surface area contributed by atoms with Crippen LogP contribution in [-0.4, -0.2) is 20.9 Å². The van der Waals surface area contributed by atoms with Crippen LogP contribution < -0.4 is 5.73 Å². The highest BCUT2D eigenvalue weighted by atomic mass is 35.5. The second-order valence-corrected chi connectivity index (χ2v) is 9.21. The number of phenolic OH excluding ortho intramolecular Hbond substituents is 1. The Bertz CT molecular complexity index is 1570. The summed E-state index contributed by atoms with van der Waals surface area (Å²) in [6, 6.07) is 27.7. The highest BCUT2D eigenvalue weighted by Gasteiger charge is 2.37. The number of H-pyrrole nitrogens is 1. The number of halogens is 1. The lowest BCUT2D eigenvalue weighted by Crippen LogP contribution is -2.30. The van der Waals surface area contributed by atoms with Crippen molar-refractivity contribution in [3.63, 3.8) is 0 Å². The minimum absolute atomic E-state index is 0.0781. The fourth-order valence-electron chi connectivity index (χ4n) is 5.05. The zero-order valence-electron chi connectivity index (χ0n) is 18.7. The predicted molar refractivity (Wildman–Crippen MR) is 139 cm³/mol. The molecule has 4 aromatic carbocycles. The Morgan fingerprint density at radius 1 is 0.886 bits per heavy atom. The number of carbonyl (C=O) groups is 1. The SMILES string of the molecule is Nc1ccccc1-c1cccc2c1CN(C(c1cc3ccccc3[nH]1)c1cc(Cl)ccc1O)C2=O. The number of phenols is 1. The Morgan fingerprint density at radius 3 is 2.46 bits per heavy atom. The van der Waals surface area contributed by atoms with E-state index < -0.39 is 6.04 Å². The van der Waals surface area contributed by atoms with Gasteiger partial charge >= 0.3 is 0 Å². The van der Waals surface area contributed by atoms with Crippen molar-refractivity contribution in [2.24, 2.45) is 0 Å². The van der Waals surface area contributed by atoms with Gasteiger partial charge in [0.05, 0.1) is 0 Å². The molecule has 2 heterocycles. The number of aromatic amines is 1. The van der Waals surface area contributed by atoms with E-state index in [1.165, 1.54) is 0 Å². The number of aromatic hydroxyl groups is 1. The van der Waals surface area contributed by atoms with Crippen LogP contribution in [0.25, 0.3) is 22.0 Å². The van der Waals surface area contributed by atoms with E-state index in [-0.39, 0.29) is 11.7 Å². The van der Waals surface area contributed by atoms with E-state index in [1.54, 1.807) is 23.1 Å². The number of carbonyl (C=O) groups excluding carboxylic acids is 1. The molecule has 4 N–H and O–H groups in total. The molecule has 0 aliphatic carbocycles. The van der Waals surface area contributed by atoms with E-state index in [9.17, 15) is 9.90 Å². The van der Waals surface area contributed by atoms with Gasteiger partial charge in [-0.15, -0.1) is 0 Å². The van der Waals surface area contributed by atoms with Crippen LogP contribution in [0.1, 0.15) is 33.2 Å². The smallest absolute Gasteiger partial charge is 0.255 e. The van der Waals surface area contributed by atoms with Gasteiger partial charge in [-0.1, -0.05) is 60.1 Å². The number of nitrogen functional groups attached to an aromatic ring is 1. The van der Waals surface area contributed by atoms with Gasteiger partial charge in [0, 0.05) is 45.2 Å². The molecule has 1 amide bonds. The largest absolute Gasteiger partial charge is 0.508 e. The molecule has 1 atom stereocenters. The third kappa shape index (κ3) is 3.52. The molecule has 1 aliphatic heterocycles. The van der Waals surface area contributed by atoms with Crippen LogP contribution in [0.5, 0.6) is 5.75 Å². The van der Waals surface area contributed by atoms with E-state index in [4.69, 9.17) is 17.3 Å². The summed E-state index contributed by atoms with van der Waals surface area (Å²) in [6.45, 7) is 0.366. The Kier molecular flexibility index (Phi) is 5.01. The van der Waals surface area contributed by atoms with E-state index in [2.05, 4.69) is 4.98 Å². The molecule has 1 aromatic heterocycles. The number of anilines is 1. The molecule has 0 bridgehead atoms. The first-order valence-electron chi connectivity index (χ1n) is 11.3. The summed E-state index contributed by atoms with van der Waals surface area (Å²) in [4.78, 5) is 19.1. The quantitative estimate of drug-likeness (QED) is 0.256. The maximum atomic E-state index is 13.8. The standard InChI is InChI=1S/C29H22ClN3O2/c30-18-12-13-27(34)22(15-18)28(26-14-17-6-1-4-11-25(17)32-26)33-16-23-19(8-5-9-21(23)29(33)35)20-7-2-3-10-24(20)31/h1-15,28,32,34H,16,31H2. The van der Waals surface area contributed by atoms with Crippen LogP contribution in [0.4, 0.5) is 5.69 Å². The van der Waals surface area contributed by atoms with Crippen molar-refractivity contribution in [3.8, 4) is 16.9 Å².